The first-order valence-electron chi connectivity index (χ1n) is 7.31. The highest BCUT2D eigenvalue weighted by atomic mass is 16.7. The molecule has 0 spiro atoms. The lowest BCUT2D eigenvalue weighted by molar-refractivity contribution is 0.00578. The van der Waals surface area contributed by atoms with Crippen molar-refractivity contribution in [1.82, 2.24) is 4.98 Å². The van der Waals surface area contributed by atoms with Crippen LogP contribution in [0, 0.1) is 5.41 Å². The third kappa shape index (κ3) is 3.23. The topological polar surface area (TPSA) is 31.4 Å². The van der Waals surface area contributed by atoms with E-state index in [4.69, 9.17) is 9.31 Å². The Morgan fingerprint density at radius 3 is 2.00 bits per heavy atom. The van der Waals surface area contributed by atoms with Crippen molar-refractivity contribution in [2.45, 2.75) is 66.1 Å². The molecular formula is C16H26BNO2. The maximum Gasteiger partial charge on any atom is 0.496 e. The van der Waals surface area contributed by atoms with Crippen LogP contribution < -0.4 is 5.46 Å². The van der Waals surface area contributed by atoms with Gasteiger partial charge in [-0.25, -0.2) is 0 Å². The molecule has 0 radical (unpaired) electrons. The fourth-order valence-electron chi connectivity index (χ4n) is 2.20. The van der Waals surface area contributed by atoms with Gasteiger partial charge in [0, 0.05) is 17.4 Å². The van der Waals surface area contributed by atoms with Crippen LogP contribution in [0.5, 0.6) is 0 Å². The van der Waals surface area contributed by atoms with Crippen LogP contribution in [-0.2, 0) is 15.7 Å². The molecule has 4 heteroatoms. The zero-order chi connectivity index (χ0) is 15.2. The largest absolute Gasteiger partial charge is 0.496 e. The van der Waals surface area contributed by atoms with Gasteiger partial charge in [0.25, 0.3) is 0 Å². The summed E-state index contributed by atoms with van der Waals surface area (Å²) in [4.78, 5) is 4.54. The molecule has 2 rings (SSSR count). The number of hydrogen-bond acceptors (Lipinski definition) is 3. The molecule has 0 atom stereocenters. The normalized spacial score (nSPS) is 21.2. The molecule has 1 fully saturated rings. The Hall–Kier alpha value is -0.865. The summed E-state index contributed by atoms with van der Waals surface area (Å²) in [6.07, 6.45) is 2.85. The van der Waals surface area contributed by atoms with E-state index < -0.39 is 0 Å². The smallest absolute Gasteiger partial charge is 0.399 e. The molecule has 1 aromatic rings. The van der Waals surface area contributed by atoms with E-state index in [-0.39, 0.29) is 23.7 Å². The molecule has 0 aliphatic carbocycles. The van der Waals surface area contributed by atoms with Gasteiger partial charge in [-0.1, -0.05) is 26.8 Å². The minimum Gasteiger partial charge on any atom is -0.399 e. The van der Waals surface area contributed by atoms with Gasteiger partial charge in [-0.3, -0.25) is 4.98 Å². The van der Waals surface area contributed by atoms with Gasteiger partial charge in [0.1, 0.15) is 0 Å². The zero-order valence-corrected chi connectivity index (χ0v) is 13.8. The lowest BCUT2D eigenvalue weighted by Crippen LogP contribution is -2.41. The molecule has 3 nitrogen and oxygen atoms in total. The van der Waals surface area contributed by atoms with Gasteiger partial charge in [-0.05, 0) is 45.6 Å². The number of rotatable bonds is 2. The highest BCUT2D eigenvalue weighted by molar-refractivity contribution is 6.62. The summed E-state index contributed by atoms with van der Waals surface area (Å²) in [5.74, 6) is 0. The highest BCUT2D eigenvalue weighted by Crippen LogP contribution is 2.36. The van der Waals surface area contributed by atoms with E-state index in [1.807, 2.05) is 6.20 Å². The minimum absolute atomic E-state index is 0.249. The first kappa shape index (κ1) is 15.5. The van der Waals surface area contributed by atoms with Crippen LogP contribution in [0.4, 0.5) is 0 Å². The van der Waals surface area contributed by atoms with Crippen molar-refractivity contribution in [3.63, 3.8) is 0 Å². The average molecular weight is 275 g/mol. The predicted octanol–water partition coefficient (Wildman–Crippen LogP) is 2.97. The maximum absolute atomic E-state index is 6.03. The summed E-state index contributed by atoms with van der Waals surface area (Å²) < 4.78 is 12.1. The highest BCUT2D eigenvalue weighted by Gasteiger charge is 2.51. The lowest BCUT2D eigenvalue weighted by Gasteiger charge is -2.32. The van der Waals surface area contributed by atoms with Crippen LogP contribution >= 0.6 is 0 Å². The first-order chi connectivity index (χ1) is 9.00. The molecule has 1 saturated heterocycles. The fourth-order valence-corrected chi connectivity index (χ4v) is 2.20. The Kier molecular flexibility index (Phi) is 3.76. The molecule has 0 saturated carbocycles. The molecule has 1 aliphatic heterocycles. The molecule has 110 valence electrons. The van der Waals surface area contributed by atoms with Gasteiger partial charge in [-0.2, -0.15) is 0 Å². The third-order valence-electron chi connectivity index (χ3n) is 4.08. The standard InChI is InChI=1S/C16H26BNO2/c1-14(2,3)10-13-9-8-12(11-18-13)17-19-15(4,5)16(6,7)20-17/h8-9,11H,10H2,1-7H3. The number of hydrogen-bond donors (Lipinski definition) is 0. The summed E-state index contributed by atoms with van der Waals surface area (Å²) in [7, 11) is -0.323. The summed E-state index contributed by atoms with van der Waals surface area (Å²) in [6, 6.07) is 4.14. The minimum atomic E-state index is -0.323. The van der Waals surface area contributed by atoms with Crippen molar-refractivity contribution in [2.24, 2.45) is 5.41 Å². The molecule has 0 amide bonds. The number of pyridine rings is 1. The van der Waals surface area contributed by atoms with Crippen LogP contribution in [0.3, 0.4) is 0 Å². The molecule has 0 N–H and O–H groups in total. The molecule has 0 aromatic carbocycles. The van der Waals surface area contributed by atoms with E-state index >= 15 is 0 Å². The van der Waals surface area contributed by atoms with Gasteiger partial charge >= 0.3 is 7.12 Å². The van der Waals surface area contributed by atoms with Crippen molar-refractivity contribution < 1.29 is 9.31 Å². The monoisotopic (exact) mass is 275 g/mol. The summed E-state index contributed by atoms with van der Waals surface area (Å²) in [6.45, 7) is 14.9. The maximum atomic E-state index is 6.03. The first-order valence-corrected chi connectivity index (χ1v) is 7.31. The molecule has 20 heavy (non-hydrogen) atoms. The third-order valence-corrected chi connectivity index (χ3v) is 4.08. The molecular weight excluding hydrogens is 249 g/mol. The number of aromatic nitrogens is 1. The van der Waals surface area contributed by atoms with E-state index in [1.165, 1.54) is 0 Å². The van der Waals surface area contributed by atoms with E-state index in [2.05, 4.69) is 65.6 Å². The van der Waals surface area contributed by atoms with Crippen molar-refractivity contribution in [2.75, 3.05) is 0 Å². The Morgan fingerprint density at radius 1 is 1.05 bits per heavy atom. The average Bonchev–Trinajstić information content (AvgIpc) is 2.47. The second-order valence-electron chi connectivity index (χ2n) is 7.91. The SMILES string of the molecule is CC(C)(C)Cc1ccc(B2OC(C)(C)C(C)(C)O2)cn1. The van der Waals surface area contributed by atoms with Gasteiger partial charge in [0.2, 0.25) is 0 Å². The summed E-state index contributed by atoms with van der Waals surface area (Å²) >= 11 is 0. The number of nitrogens with zero attached hydrogens (tertiary/aromatic N) is 1. The van der Waals surface area contributed by atoms with Gasteiger partial charge in [-0.15, -0.1) is 0 Å². The van der Waals surface area contributed by atoms with Gasteiger partial charge in [0.05, 0.1) is 11.2 Å². The Bertz CT molecular complexity index is 458. The van der Waals surface area contributed by atoms with Gasteiger partial charge in [0.15, 0.2) is 0 Å². The molecule has 2 heterocycles. The van der Waals surface area contributed by atoms with Crippen molar-refractivity contribution in [1.29, 1.82) is 0 Å². The van der Waals surface area contributed by atoms with Crippen LogP contribution in [0.1, 0.15) is 54.2 Å². The van der Waals surface area contributed by atoms with E-state index in [9.17, 15) is 0 Å². The van der Waals surface area contributed by atoms with Crippen LogP contribution in [0.25, 0.3) is 0 Å². The van der Waals surface area contributed by atoms with Crippen LogP contribution in [0.2, 0.25) is 0 Å². The quantitative estimate of drug-likeness (QED) is 0.778. The van der Waals surface area contributed by atoms with E-state index in [0.29, 0.717) is 0 Å². The second kappa shape index (κ2) is 4.85. The molecule has 1 aliphatic rings. The van der Waals surface area contributed by atoms with Crippen molar-refractivity contribution in [3.05, 3.63) is 24.0 Å². The fraction of sp³-hybridized carbons (Fsp3) is 0.688. The van der Waals surface area contributed by atoms with Crippen molar-refractivity contribution >= 4 is 12.6 Å². The zero-order valence-electron chi connectivity index (χ0n) is 13.8. The van der Waals surface area contributed by atoms with Crippen LogP contribution in [0.15, 0.2) is 18.3 Å². The molecule has 0 unspecified atom stereocenters. The Labute approximate surface area is 123 Å². The van der Waals surface area contributed by atoms with Crippen molar-refractivity contribution in [3.8, 4) is 0 Å². The van der Waals surface area contributed by atoms with Gasteiger partial charge < -0.3 is 9.31 Å². The molecule has 0 bridgehead atoms. The predicted molar refractivity (Wildman–Crippen MR) is 83.1 cm³/mol. The Morgan fingerprint density at radius 2 is 1.60 bits per heavy atom. The molecule has 1 aromatic heterocycles. The second-order valence-corrected chi connectivity index (χ2v) is 7.91. The Balaban J connectivity index is 2.12. The summed E-state index contributed by atoms with van der Waals surface area (Å²) in [5.41, 5.74) is 1.74. The van der Waals surface area contributed by atoms with E-state index in [1.54, 1.807) is 0 Å². The van der Waals surface area contributed by atoms with E-state index in [0.717, 1.165) is 17.6 Å². The summed E-state index contributed by atoms with van der Waals surface area (Å²) in [5, 5.41) is 0. The lowest BCUT2D eigenvalue weighted by atomic mass is 9.80. The van der Waals surface area contributed by atoms with Crippen LogP contribution in [-0.4, -0.2) is 23.3 Å².